The number of amidine groups is 1. The minimum atomic E-state index is -0.611. The molecule has 9 heteroatoms. The van der Waals surface area contributed by atoms with Gasteiger partial charge in [-0.15, -0.1) is 0 Å². The molecule has 0 bridgehead atoms. The number of methoxy groups -OCH3 is 2. The number of ether oxygens (including phenoxy) is 2. The SMILES string of the molecule is COc1ccc(NC(=O)[C@@H]2CC(=O)NC(=Nc3cc(Cl)ccc3OC)S2)cc1. The first-order valence-corrected chi connectivity index (χ1v) is 9.58. The zero-order valence-electron chi connectivity index (χ0n) is 15.2. The number of thioether (sulfide) groups is 1. The van der Waals surface area contributed by atoms with Crippen molar-refractivity contribution < 1.29 is 19.1 Å². The number of nitrogens with zero attached hydrogens (tertiary/aromatic N) is 1. The molecule has 0 unspecified atom stereocenters. The summed E-state index contributed by atoms with van der Waals surface area (Å²) in [4.78, 5) is 29.1. The van der Waals surface area contributed by atoms with Crippen LogP contribution in [0.25, 0.3) is 0 Å². The summed E-state index contributed by atoms with van der Waals surface area (Å²) in [5.74, 6) is 0.634. The van der Waals surface area contributed by atoms with Crippen LogP contribution in [0.15, 0.2) is 47.5 Å². The molecule has 1 saturated heterocycles. The van der Waals surface area contributed by atoms with Crippen LogP contribution in [0.1, 0.15) is 6.42 Å². The molecule has 0 radical (unpaired) electrons. The Bertz CT molecular complexity index is 918. The molecule has 0 aromatic heterocycles. The van der Waals surface area contributed by atoms with Gasteiger partial charge in [-0.1, -0.05) is 23.4 Å². The van der Waals surface area contributed by atoms with Crippen LogP contribution in [-0.2, 0) is 9.59 Å². The number of hydrogen-bond donors (Lipinski definition) is 2. The second kappa shape index (κ2) is 8.99. The Balaban J connectivity index is 1.75. The lowest BCUT2D eigenvalue weighted by Crippen LogP contribution is -2.41. The van der Waals surface area contributed by atoms with E-state index in [0.717, 1.165) is 0 Å². The minimum Gasteiger partial charge on any atom is -0.497 e. The highest BCUT2D eigenvalue weighted by molar-refractivity contribution is 8.15. The molecule has 1 aliphatic heterocycles. The fourth-order valence-corrected chi connectivity index (χ4v) is 3.66. The van der Waals surface area contributed by atoms with E-state index in [1.165, 1.54) is 18.9 Å². The molecule has 146 valence electrons. The smallest absolute Gasteiger partial charge is 0.238 e. The van der Waals surface area contributed by atoms with E-state index >= 15 is 0 Å². The second-order valence-electron chi connectivity index (χ2n) is 5.81. The van der Waals surface area contributed by atoms with E-state index in [4.69, 9.17) is 21.1 Å². The maximum absolute atomic E-state index is 12.6. The van der Waals surface area contributed by atoms with Gasteiger partial charge in [0.2, 0.25) is 11.8 Å². The number of aliphatic imine (C=N–C) groups is 1. The molecule has 7 nitrogen and oxygen atoms in total. The Morgan fingerprint density at radius 2 is 1.96 bits per heavy atom. The van der Waals surface area contributed by atoms with E-state index in [1.54, 1.807) is 49.6 Å². The first kappa shape index (κ1) is 20.0. The van der Waals surface area contributed by atoms with Crippen molar-refractivity contribution in [2.75, 3.05) is 19.5 Å². The van der Waals surface area contributed by atoms with Crippen LogP contribution >= 0.6 is 23.4 Å². The summed E-state index contributed by atoms with van der Waals surface area (Å²) < 4.78 is 10.4. The minimum absolute atomic E-state index is 0.0539. The summed E-state index contributed by atoms with van der Waals surface area (Å²) in [6, 6.07) is 11.9. The number of nitrogens with one attached hydrogen (secondary N) is 2. The highest BCUT2D eigenvalue weighted by Crippen LogP contribution is 2.32. The van der Waals surface area contributed by atoms with Gasteiger partial charge in [0, 0.05) is 17.1 Å². The third-order valence-electron chi connectivity index (χ3n) is 3.88. The van der Waals surface area contributed by atoms with Crippen molar-refractivity contribution in [3.05, 3.63) is 47.5 Å². The van der Waals surface area contributed by atoms with Gasteiger partial charge in [-0.2, -0.15) is 0 Å². The molecule has 1 fully saturated rings. The molecule has 3 rings (SSSR count). The molecule has 28 heavy (non-hydrogen) atoms. The summed E-state index contributed by atoms with van der Waals surface area (Å²) in [6.07, 6.45) is 0.0539. The van der Waals surface area contributed by atoms with Crippen molar-refractivity contribution in [1.29, 1.82) is 0 Å². The molecule has 0 spiro atoms. The topological polar surface area (TPSA) is 89.0 Å². The lowest BCUT2D eigenvalue weighted by Gasteiger charge is -2.22. The number of carbonyl (C=O) groups excluding carboxylic acids is 2. The Kier molecular flexibility index (Phi) is 6.43. The molecule has 2 amide bonds. The van der Waals surface area contributed by atoms with E-state index in [2.05, 4.69) is 15.6 Å². The number of carbonyl (C=O) groups is 2. The maximum atomic E-state index is 12.6. The normalized spacial score (nSPS) is 17.8. The van der Waals surface area contributed by atoms with Gasteiger partial charge in [0.1, 0.15) is 22.4 Å². The predicted octanol–water partition coefficient (Wildman–Crippen LogP) is 3.61. The Morgan fingerprint density at radius 1 is 1.21 bits per heavy atom. The lowest BCUT2D eigenvalue weighted by molar-refractivity contribution is -0.123. The Hall–Kier alpha value is -2.71. The molecule has 0 saturated carbocycles. The van der Waals surface area contributed by atoms with Crippen molar-refractivity contribution >= 4 is 51.7 Å². The summed E-state index contributed by atoms with van der Waals surface area (Å²) in [7, 11) is 3.09. The Morgan fingerprint density at radius 3 is 2.64 bits per heavy atom. The van der Waals surface area contributed by atoms with E-state index in [-0.39, 0.29) is 18.2 Å². The van der Waals surface area contributed by atoms with E-state index in [0.29, 0.717) is 33.1 Å². The fraction of sp³-hybridized carbons (Fsp3) is 0.211. The van der Waals surface area contributed by atoms with Crippen LogP contribution in [0.5, 0.6) is 11.5 Å². The maximum Gasteiger partial charge on any atom is 0.238 e. The van der Waals surface area contributed by atoms with Crippen molar-refractivity contribution in [3.8, 4) is 11.5 Å². The van der Waals surface area contributed by atoms with Gasteiger partial charge in [0.05, 0.1) is 14.2 Å². The first-order valence-electron chi connectivity index (χ1n) is 8.32. The average Bonchev–Trinajstić information content (AvgIpc) is 2.68. The largest absolute Gasteiger partial charge is 0.497 e. The van der Waals surface area contributed by atoms with E-state index in [9.17, 15) is 9.59 Å². The van der Waals surface area contributed by atoms with Gasteiger partial charge < -0.3 is 20.1 Å². The van der Waals surface area contributed by atoms with Crippen LogP contribution in [0.2, 0.25) is 5.02 Å². The van der Waals surface area contributed by atoms with Crippen LogP contribution in [0.4, 0.5) is 11.4 Å². The monoisotopic (exact) mass is 419 g/mol. The van der Waals surface area contributed by atoms with E-state index < -0.39 is 5.25 Å². The molecule has 2 N–H and O–H groups in total. The van der Waals surface area contributed by atoms with Crippen molar-refractivity contribution in [3.63, 3.8) is 0 Å². The molecule has 1 atom stereocenters. The van der Waals surface area contributed by atoms with Gasteiger partial charge in [-0.25, -0.2) is 4.99 Å². The first-order chi connectivity index (χ1) is 13.5. The lowest BCUT2D eigenvalue weighted by atomic mass is 10.2. The van der Waals surface area contributed by atoms with Crippen LogP contribution in [0.3, 0.4) is 0 Å². The highest BCUT2D eigenvalue weighted by atomic mass is 35.5. The highest BCUT2D eigenvalue weighted by Gasteiger charge is 2.30. The molecule has 1 heterocycles. The number of amides is 2. The van der Waals surface area contributed by atoms with E-state index in [1.807, 2.05) is 0 Å². The quantitative estimate of drug-likeness (QED) is 0.772. The summed E-state index contributed by atoms with van der Waals surface area (Å²) in [6.45, 7) is 0. The van der Waals surface area contributed by atoms with Gasteiger partial charge in [0.15, 0.2) is 5.17 Å². The standard InChI is InChI=1S/C19H18ClN3O4S/c1-26-13-6-4-12(5-7-13)21-18(25)16-10-17(24)23-19(28-16)22-14-9-11(20)3-8-15(14)27-2/h3-9,16H,10H2,1-2H3,(H,21,25)(H,22,23,24)/t16-/m0/s1. The van der Waals surface area contributed by atoms with Crippen molar-refractivity contribution in [2.45, 2.75) is 11.7 Å². The number of rotatable bonds is 5. The summed E-state index contributed by atoms with van der Waals surface area (Å²) in [5, 5.41) is 5.67. The zero-order chi connectivity index (χ0) is 20.1. The van der Waals surface area contributed by atoms with Crippen molar-refractivity contribution in [1.82, 2.24) is 5.32 Å². The third kappa shape index (κ3) is 4.96. The van der Waals surface area contributed by atoms with Gasteiger partial charge in [-0.3, -0.25) is 9.59 Å². The number of benzene rings is 2. The third-order valence-corrected chi connectivity index (χ3v) is 5.20. The predicted molar refractivity (Wildman–Crippen MR) is 111 cm³/mol. The van der Waals surface area contributed by atoms with Gasteiger partial charge in [-0.05, 0) is 42.5 Å². The number of hydrogen-bond acceptors (Lipinski definition) is 6. The molecule has 1 aliphatic rings. The summed E-state index contributed by atoms with van der Waals surface area (Å²) >= 11 is 7.19. The Labute approximate surface area is 171 Å². The summed E-state index contributed by atoms with van der Waals surface area (Å²) in [5.41, 5.74) is 1.08. The molecule has 0 aliphatic carbocycles. The molecule has 2 aromatic carbocycles. The van der Waals surface area contributed by atoms with Crippen LogP contribution in [0, 0.1) is 0 Å². The van der Waals surface area contributed by atoms with Crippen molar-refractivity contribution in [2.24, 2.45) is 4.99 Å². The van der Waals surface area contributed by atoms with Gasteiger partial charge >= 0.3 is 0 Å². The average molecular weight is 420 g/mol. The number of halogens is 1. The van der Waals surface area contributed by atoms with Gasteiger partial charge in [0.25, 0.3) is 0 Å². The van der Waals surface area contributed by atoms with Crippen LogP contribution in [-0.4, -0.2) is 36.5 Å². The molecular weight excluding hydrogens is 402 g/mol. The zero-order valence-corrected chi connectivity index (χ0v) is 16.8. The molecular formula is C19H18ClN3O4S. The fourth-order valence-electron chi connectivity index (χ4n) is 2.50. The molecule has 2 aromatic rings. The second-order valence-corrected chi connectivity index (χ2v) is 7.44. The van der Waals surface area contributed by atoms with Crippen LogP contribution < -0.4 is 20.1 Å². The number of anilines is 1.